The number of thiophene rings is 1. The predicted octanol–water partition coefficient (Wildman–Crippen LogP) is 3.19. The number of hydrogen-bond acceptors (Lipinski definition) is 4. The maximum atomic E-state index is 11.9. The molecule has 0 bridgehead atoms. The molecule has 2 rings (SSSR count). The molecule has 0 saturated carbocycles. The number of imide groups is 1. The molecular formula is C11H11NO2S2. The number of thioether (sulfide) groups is 1. The SMILES string of the molecule is CC(C)N1C(=O)S/C(=C/c2cccs2)C1=O. The summed E-state index contributed by atoms with van der Waals surface area (Å²) in [5, 5.41) is 1.77. The summed E-state index contributed by atoms with van der Waals surface area (Å²) in [5.41, 5.74) is 0. The van der Waals surface area contributed by atoms with Crippen LogP contribution in [0.25, 0.3) is 6.08 Å². The number of hydrogen-bond donors (Lipinski definition) is 0. The minimum Gasteiger partial charge on any atom is -0.268 e. The summed E-state index contributed by atoms with van der Waals surface area (Å²) in [4.78, 5) is 26.3. The Morgan fingerprint density at radius 2 is 2.12 bits per heavy atom. The van der Waals surface area contributed by atoms with E-state index in [2.05, 4.69) is 0 Å². The van der Waals surface area contributed by atoms with Crippen LogP contribution in [0, 0.1) is 0 Å². The van der Waals surface area contributed by atoms with Crippen LogP contribution in [0.1, 0.15) is 18.7 Å². The molecule has 16 heavy (non-hydrogen) atoms. The van der Waals surface area contributed by atoms with E-state index in [-0.39, 0.29) is 17.2 Å². The highest BCUT2D eigenvalue weighted by Gasteiger charge is 2.36. The second kappa shape index (κ2) is 4.43. The van der Waals surface area contributed by atoms with E-state index in [1.54, 1.807) is 17.4 Å². The van der Waals surface area contributed by atoms with Gasteiger partial charge in [0.25, 0.3) is 11.1 Å². The van der Waals surface area contributed by atoms with Gasteiger partial charge < -0.3 is 0 Å². The van der Waals surface area contributed by atoms with Gasteiger partial charge in [0.2, 0.25) is 0 Å². The Hall–Kier alpha value is -1.07. The summed E-state index contributed by atoms with van der Waals surface area (Å²) in [6, 6.07) is 3.76. The second-order valence-corrected chi connectivity index (χ2v) is 5.63. The van der Waals surface area contributed by atoms with Crippen molar-refractivity contribution in [1.82, 2.24) is 4.90 Å². The van der Waals surface area contributed by atoms with Crippen LogP contribution < -0.4 is 0 Å². The number of nitrogens with zero attached hydrogens (tertiary/aromatic N) is 1. The number of carbonyl (C=O) groups excluding carboxylic acids is 2. The van der Waals surface area contributed by atoms with Gasteiger partial charge in [0.1, 0.15) is 0 Å². The Morgan fingerprint density at radius 3 is 2.62 bits per heavy atom. The van der Waals surface area contributed by atoms with Gasteiger partial charge in [0.05, 0.1) is 4.91 Å². The molecule has 0 aliphatic carbocycles. The summed E-state index contributed by atoms with van der Waals surface area (Å²) in [5.74, 6) is -0.182. The molecule has 1 aliphatic rings. The van der Waals surface area contributed by atoms with Gasteiger partial charge in [-0.2, -0.15) is 0 Å². The summed E-state index contributed by atoms with van der Waals surface area (Å²) >= 11 is 2.56. The maximum absolute atomic E-state index is 11.9. The lowest BCUT2D eigenvalue weighted by Crippen LogP contribution is -2.34. The molecule has 1 aromatic heterocycles. The molecule has 1 fully saturated rings. The average molecular weight is 253 g/mol. The van der Waals surface area contributed by atoms with Gasteiger partial charge in [-0.15, -0.1) is 11.3 Å². The first-order valence-electron chi connectivity index (χ1n) is 4.90. The van der Waals surface area contributed by atoms with E-state index in [9.17, 15) is 9.59 Å². The molecule has 0 radical (unpaired) electrons. The Balaban J connectivity index is 2.27. The third-order valence-corrected chi connectivity index (χ3v) is 3.86. The van der Waals surface area contributed by atoms with Crippen LogP contribution in [0.15, 0.2) is 22.4 Å². The Kier molecular flexibility index (Phi) is 3.16. The van der Waals surface area contributed by atoms with Crippen molar-refractivity contribution in [2.75, 3.05) is 0 Å². The van der Waals surface area contributed by atoms with E-state index in [1.165, 1.54) is 4.90 Å². The van der Waals surface area contributed by atoms with Crippen LogP contribution in [0.3, 0.4) is 0 Å². The Bertz CT molecular complexity index is 449. The molecular weight excluding hydrogens is 242 g/mol. The smallest absolute Gasteiger partial charge is 0.268 e. The lowest BCUT2D eigenvalue weighted by molar-refractivity contribution is -0.123. The highest BCUT2D eigenvalue weighted by molar-refractivity contribution is 8.18. The zero-order valence-electron chi connectivity index (χ0n) is 8.97. The molecule has 0 N–H and O–H groups in total. The molecule has 0 unspecified atom stereocenters. The van der Waals surface area contributed by atoms with E-state index in [1.807, 2.05) is 31.4 Å². The normalized spacial score (nSPS) is 19.2. The van der Waals surface area contributed by atoms with Crippen molar-refractivity contribution in [3.05, 3.63) is 27.3 Å². The van der Waals surface area contributed by atoms with Crippen molar-refractivity contribution in [3.8, 4) is 0 Å². The van der Waals surface area contributed by atoms with Crippen molar-refractivity contribution < 1.29 is 9.59 Å². The molecule has 0 atom stereocenters. The van der Waals surface area contributed by atoms with E-state index < -0.39 is 0 Å². The van der Waals surface area contributed by atoms with Crippen LogP contribution in [0.5, 0.6) is 0 Å². The van der Waals surface area contributed by atoms with E-state index in [0.717, 1.165) is 16.6 Å². The summed E-state index contributed by atoms with van der Waals surface area (Å²) in [6.07, 6.45) is 1.78. The van der Waals surface area contributed by atoms with Gasteiger partial charge in [-0.3, -0.25) is 14.5 Å². The average Bonchev–Trinajstić information content (AvgIpc) is 2.76. The van der Waals surface area contributed by atoms with Crippen LogP contribution in [-0.4, -0.2) is 22.1 Å². The molecule has 2 heterocycles. The van der Waals surface area contributed by atoms with Gasteiger partial charge in [0, 0.05) is 10.9 Å². The minimum atomic E-state index is -0.182. The molecule has 2 amide bonds. The summed E-state index contributed by atoms with van der Waals surface area (Å²) < 4.78 is 0. The second-order valence-electron chi connectivity index (χ2n) is 3.66. The molecule has 0 spiro atoms. The summed E-state index contributed by atoms with van der Waals surface area (Å²) in [6.45, 7) is 3.68. The Morgan fingerprint density at radius 1 is 1.38 bits per heavy atom. The minimum absolute atomic E-state index is 0.0817. The highest BCUT2D eigenvalue weighted by Crippen LogP contribution is 2.33. The molecule has 1 aliphatic heterocycles. The van der Waals surface area contributed by atoms with Crippen molar-refractivity contribution in [3.63, 3.8) is 0 Å². The molecule has 5 heteroatoms. The zero-order chi connectivity index (χ0) is 11.7. The largest absolute Gasteiger partial charge is 0.293 e. The molecule has 84 valence electrons. The van der Waals surface area contributed by atoms with Gasteiger partial charge in [-0.25, -0.2) is 0 Å². The van der Waals surface area contributed by atoms with Crippen molar-refractivity contribution in [2.24, 2.45) is 0 Å². The maximum Gasteiger partial charge on any atom is 0.293 e. The zero-order valence-corrected chi connectivity index (χ0v) is 10.6. The molecule has 3 nitrogen and oxygen atoms in total. The Labute approximate surface area is 102 Å². The molecule has 1 aromatic rings. The standard InChI is InChI=1S/C11H11NO2S2/c1-7(2)12-10(13)9(16-11(12)14)6-8-4-3-5-15-8/h3-7H,1-2H3/b9-6+. The van der Waals surface area contributed by atoms with Crippen LogP contribution >= 0.6 is 23.1 Å². The first-order valence-corrected chi connectivity index (χ1v) is 6.60. The fourth-order valence-corrected chi connectivity index (χ4v) is 3.11. The van der Waals surface area contributed by atoms with Gasteiger partial charge in [-0.1, -0.05) is 6.07 Å². The third kappa shape index (κ3) is 2.05. The van der Waals surface area contributed by atoms with Crippen molar-refractivity contribution in [1.29, 1.82) is 0 Å². The van der Waals surface area contributed by atoms with Gasteiger partial charge in [-0.05, 0) is 43.1 Å². The van der Waals surface area contributed by atoms with Crippen molar-refractivity contribution in [2.45, 2.75) is 19.9 Å². The van der Waals surface area contributed by atoms with E-state index >= 15 is 0 Å². The topological polar surface area (TPSA) is 37.4 Å². The van der Waals surface area contributed by atoms with Crippen LogP contribution in [0.2, 0.25) is 0 Å². The first-order chi connectivity index (χ1) is 7.59. The fraction of sp³-hybridized carbons (Fsp3) is 0.273. The van der Waals surface area contributed by atoms with Gasteiger partial charge in [0.15, 0.2) is 0 Å². The van der Waals surface area contributed by atoms with Gasteiger partial charge >= 0.3 is 0 Å². The number of carbonyl (C=O) groups is 2. The van der Waals surface area contributed by atoms with Crippen LogP contribution in [-0.2, 0) is 4.79 Å². The fourth-order valence-electron chi connectivity index (χ4n) is 1.43. The predicted molar refractivity (Wildman–Crippen MR) is 67.3 cm³/mol. The van der Waals surface area contributed by atoms with E-state index in [4.69, 9.17) is 0 Å². The van der Waals surface area contributed by atoms with Crippen LogP contribution in [0.4, 0.5) is 4.79 Å². The summed E-state index contributed by atoms with van der Waals surface area (Å²) in [7, 11) is 0. The molecule has 1 saturated heterocycles. The lowest BCUT2D eigenvalue weighted by atomic mass is 10.3. The molecule has 0 aromatic carbocycles. The quantitative estimate of drug-likeness (QED) is 0.760. The lowest BCUT2D eigenvalue weighted by Gasteiger charge is -2.16. The van der Waals surface area contributed by atoms with Crippen molar-refractivity contribution >= 4 is 40.3 Å². The third-order valence-electron chi connectivity index (χ3n) is 2.16. The van der Waals surface area contributed by atoms with E-state index in [0.29, 0.717) is 4.91 Å². The number of rotatable bonds is 2. The monoisotopic (exact) mass is 253 g/mol. The number of amides is 2. The first kappa shape index (κ1) is 11.4. The highest BCUT2D eigenvalue weighted by atomic mass is 32.2.